The fraction of sp³-hybridized carbons (Fsp3) is 0.556. The van der Waals surface area contributed by atoms with E-state index in [1.807, 2.05) is 39.7 Å². The quantitative estimate of drug-likeness (QED) is 0.824. The van der Waals surface area contributed by atoms with Crippen LogP contribution in [0.4, 0.5) is 0 Å². The zero-order chi connectivity index (χ0) is 16.0. The van der Waals surface area contributed by atoms with Crippen LogP contribution in [-0.2, 0) is 10.3 Å². The first-order chi connectivity index (χ1) is 11.7. The largest absolute Gasteiger partial charge is 0.382 e. The van der Waals surface area contributed by atoms with Gasteiger partial charge in [0.25, 0.3) is 0 Å². The van der Waals surface area contributed by atoms with E-state index in [1.165, 1.54) is 4.57 Å². The Hall–Kier alpha value is -2.08. The van der Waals surface area contributed by atoms with Crippen LogP contribution in [0.15, 0.2) is 39.9 Å². The van der Waals surface area contributed by atoms with Crippen LogP contribution in [0, 0.1) is 35.5 Å². The first-order valence-corrected chi connectivity index (χ1v) is 8.75. The van der Waals surface area contributed by atoms with E-state index in [0.717, 1.165) is 11.8 Å². The van der Waals surface area contributed by atoms with Gasteiger partial charge in [0, 0.05) is 7.11 Å². The summed E-state index contributed by atoms with van der Waals surface area (Å²) in [5.41, 5.74) is 0.0171. The van der Waals surface area contributed by atoms with E-state index >= 15 is 0 Å². The molecule has 8 rings (SSSR count). The van der Waals surface area contributed by atoms with Gasteiger partial charge in [0.2, 0.25) is 0 Å². The first-order valence-electron chi connectivity index (χ1n) is 8.75. The van der Waals surface area contributed by atoms with Gasteiger partial charge in [-0.2, -0.15) is 0 Å². The molecule has 0 amide bonds. The summed E-state index contributed by atoms with van der Waals surface area (Å²) < 4.78 is 10.6. The van der Waals surface area contributed by atoms with Gasteiger partial charge in [0.1, 0.15) is 0 Å². The molecule has 6 nitrogen and oxygen atoms in total. The van der Waals surface area contributed by atoms with Crippen molar-refractivity contribution in [3.05, 3.63) is 51.3 Å². The predicted octanol–water partition coefficient (Wildman–Crippen LogP) is 0.449. The maximum absolute atomic E-state index is 13.3. The number of hydrogen-bond acceptors (Lipinski definition) is 3. The molecule has 1 aromatic carbocycles. The SMILES string of the molecule is COCC12[C@H]3[C@H]4C([C@H]5[C@@H]([C@H]43)[C@H]51)n1c(=O)n(-c3ccccc3)c(=O)n12. The summed E-state index contributed by atoms with van der Waals surface area (Å²) in [5, 5.41) is 0. The number of ether oxygens (including phenoxy) is 1. The minimum Gasteiger partial charge on any atom is -0.382 e. The topological polar surface area (TPSA) is 58.2 Å². The molecule has 6 heteroatoms. The number of benzene rings is 1. The van der Waals surface area contributed by atoms with Crippen LogP contribution in [0.3, 0.4) is 0 Å². The van der Waals surface area contributed by atoms with E-state index < -0.39 is 0 Å². The molecular weight excluding hydrogens is 306 g/mol. The van der Waals surface area contributed by atoms with Crippen molar-refractivity contribution in [1.29, 1.82) is 0 Å². The fourth-order valence-electron chi connectivity index (χ4n) is 7.39. The van der Waals surface area contributed by atoms with Crippen molar-refractivity contribution in [2.45, 2.75) is 11.6 Å². The number of rotatable bonds is 3. The maximum Gasteiger partial charge on any atom is 0.352 e. The highest BCUT2D eigenvalue weighted by Gasteiger charge is 2.95. The molecule has 4 fully saturated rings. The number of methoxy groups -OCH3 is 1. The summed E-state index contributed by atoms with van der Waals surface area (Å²) in [4.78, 5) is 26.5. The van der Waals surface area contributed by atoms with E-state index in [0.29, 0.717) is 36.0 Å². The molecule has 4 aliphatic carbocycles. The van der Waals surface area contributed by atoms with E-state index in [2.05, 4.69) is 0 Å². The molecule has 1 aromatic heterocycles. The van der Waals surface area contributed by atoms with Crippen molar-refractivity contribution >= 4 is 0 Å². The zero-order valence-electron chi connectivity index (χ0n) is 13.2. The van der Waals surface area contributed by atoms with Gasteiger partial charge in [-0.15, -0.1) is 0 Å². The molecule has 0 spiro atoms. The lowest BCUT2D eigenvalue weighted by Crippen LogP contribution is -2.59. The standard InChI is InChI=1S/C18H17N3O3/c1-24-7-18-13-9-10-12(14(10)18)15(11(9)13)20-16(22)19(17(23)21(18)20)8-5-3-2-4-6-8/h2-6,9-15H,7H2,1H3/t9-,10-,11+,12+,13-,14-,15?,18?/m1/s1. The average Bonchev–Trinajstić information content (AvgIpc) is 3.42. The van der Waals surface area contributed by atoms with E-state index in [4.69, 9.17) is 4.74 Å². The monoisotopic (exact) mass is 323 g/mol. The van der Waals surface area contributed by atoms with Crippen molar-refractivity contribution < 1.29 is 4.74 Å². The average molecular weight is 323 g/mol. The highest BCUT2D eigenvalue weighted by Crippen LogP contribution is 2.93. The summed E-state index contributed by atoms with van der Waals surface area (Å²) in [6.07, 6.45) is 0. The van der Waals surface area contributed by atoms with Gasteiger partial charge in [-0.25, -0.2) is 23.5 Å². The third-order valence-corrected chi connectivity index (χ3v) is 7.70. The van der Waals surface area contributed by atoms with Gasteiger partial charge in [0.15, 0.2) is 0 Å². The molecule has 0 unspecified atom stereocenters. The molecular formula is C18H17N3O3. The fourth-order valence-corrected chi connectivity index (χ4v) is 7.39. The van der Waals surface area contributed by atoms with Crippen molar-refractivity contribution in [2.75, 3.05) is 13.7 Å². The molecule has 0 radical (unpaired) electrons. The number of aromatic nitrogens is 3. The molecule has 122 valence electrons. The predicted molar refractivity (Wildman–Crippen MR) is 84.1 cm³/mol. The lowest BCUT2D eigenvalue weighted by atomic mass is 9.77. The molecule has 2 aliphatic heterocycles. The molecule has 0 saturated heterocycles. The maximum atomic E-state index is 13.3. The molecule has 0 N–H and O–H groups in total. The third kappa shape index (κ3) is 0.922. The van der Waals surface area contributed by atoms with Gasteiger partial charge in [-0.3, -0.25) is 0 Å². The van der Waals surface area contributed by atoms with Crippen LogP contribution in [0.5, 0.6) is 0 Å². The second-order valence-corrected chi connectivity index (χ2v) is 8.17. The second-order valence-electron chi connectivity index (χ2n) is 8.17. The Labute approximate surface area is 137 Å². The molecule has 2 bridgehead atoms. The van der Waals surface area contributed by atoms with Crippen LogP contribution in [-0.4, -0.2) is 27.6 Å². The van der Waals surface area contributed by atoms with Crippen LogP contribution in [0.1, 0.15) is 6.04 Å². The summed E-state index contributed by atoms with van der Waals surface area (Å²) in [6.45, 7) is 0.549. The third-order valence-electron chi connectivity index (χ3n) is 7.70. The smallest absolute Gasteiger partial charge is 0.352 e. The van der Waals surface area contributed by atoms with Crippen LogP contribution < -0.4 is 11.4 Å². The van der Waals surface area contributed by atoms with Gasteiger partial charge in [0.05, 0.1) is 23.9 Å². The van der Waals surface area contributed by atoms with Crippen molar-refractivity contribution in [1.82, 2.24) is 13.9 Å². The number of para-hydroxylation sites is 1. The summed E-state index contributed by atoms with van der Waals surface area (Å²) in [7, 11) is 1.71. The second kappa shape index (κ2) is 3.33. The molecule has 24 heavy (non-hydrogen) atoms. The lowest BCUT2D eigenvalue weighted by Gasteiger charge is -2.46. The number of nitrogens with zero attached hydrogens (tertiary/aromatic N) is 3. The van der Waals surface area contributed by atoms with Gasteiger partial charge < -0.3 is 4.74 Å². The van der Waals surface area contributed by atoms with Crippen molar-refractivity contribution in [3.63, 3.8) is 0 Å². The van der Waals surface area contributed by atoms with Crippen LogP contribution >= 0.6 is 0 Å². The van der Waals surface area contributed by atoms with E-state index in [9.17, 15) is 9.59 Å². The van der Waals surface area contributed by atoms with Gasteiger partial charge >= 0.3 is 11.4 Å². The lowest BCUT2D eigenvalue weighted by molar-refractivity contribution is -0.0381. The van der Waals surface area contributed by atoms with Crippen molar-refractivity contribution in [3.8, 4) is 5.69 Å². The van der Waals surface area contributed by atoms with E-state index in [-0.39, 0.29) is 23.0 Å². The Morgan fingerprint density at radius 3 is 2.29 bits per heavy atom. The molecule has 3 heterocycles. The Balaban J connectivity index is 1.58. The van der Waals surface area contributed by atoms with Gasteiger partial charge in [-0.1, -0.05) is 18.2 Å². The molecule has 4 saturated carbocycles. The highest BCUT2D eigenvalue weighted by molar-refractivity contribution is 5.42. The summed E-state index contributed by atoms with van der Waals surface area (Å²) >= 11 is 0. The van der Waals surface area contributed by atoms with Gasteiger partial charge in [-0.05, 0) is 47.6 Å². The highest BCUT2D eigenvalue weighted by atomic mass is 16.5. The Bertz CT molecular complexity index is 1010. The van der Waals surface area contributed by atoms with E-state index in [1.54, 1.807) is 7.11 Å². The normalized spacial score (nSPS) is 47.0. The van der Waals surface area contributed by atoms with Crippen LogP contribution in [0.25, 0.3) is 5.69 Å². The van der Waals surface area contributed by atoms with Crippen LogP contribution in [0.2, 0.25) is 0 Å². The zero-order valence-corrected chi connectivity index (χ0v) is 13.2. The Kier molecular flexibility index (Phi) is 1.71. The summed E-state index contributed by atoms with van der Waals surface area (Å²) in [5.74, 6) is 3.76. The minimum absolute atomic E-state index is 0.174. The summed E-state index contributed by atoms with van der Waals surface area (Å²) in [6, 6.07) is 9.52. The minimum atomic E-state index is -0.273. The Morgan fingerprint density at radius 2 is 1.67 bits per heavy atom. The molecule has 6 aliphatic rings. The Morgan fingerprint density at radius 1 is 1.00 bits per heavy atom. The molecule has 6 atom stereocenters. The first kappa shape index (κ1) is 12.3. The molecule has 2 aromatic rings. The van der Waals surface area contributed by atoms with Crippen molar-refractivity contribution in [2.24, 2.45) is 35.5 Å². The number of hydrogen-bond donors (Lipinski definition) is 0.